The normalized spacial score (nSPS) is 18.3. The van der Waals surface area contributed by atoms with Crippen molar-refractivity contribution in [3.8, 4) is 0 Å². The fraction of sp³-hybridized carbons (Fsp3) is 0.200. The van der Waals surface area contributed by atoms with Crippen molar-refractivity contribution in [2.24, 2.45) is 0 Å². The molecule has 17 heavy (non-hydrogen) atoms. The van der Waals surface area contributed by atoms with Gasteiger partial charge in [-0.25, -0.2) is 4.39 Å². The van der Waals surface area contributed by atoms with Gasteiger partial charge in [0.25, 0.3) is 0 Å². The number of rotatable bonds is 1. The highest BCUT2D eigenvalue weighted by Crippen LogP contribution is 2.33. The van der Waals surface area contributed by atoms with E-state index in [4.69, 9.17) is 0 Å². The van der Waals surface area contributed by atoms with Gasteiger partial charge in [-0.3, -0.25) is 0 Å². The average molecular weight is 227 g/mol. The lowest BCUT2D eigenvalue weighted by Gasteiger charge is -2.27. The van der Waals surface area contributed by atoms with E-state index in [-0.39, 0.29) is 11.9 Å². The van der Waals surface area contributed by atoms with Gasteiger partial charge in [-0.15, -0.1) is 0 Å². The minimum absolute atomic E-state index is 0.0890. The number of halogens is 1. The van der Waals surface area contributed by atoms with Gasteiger partial charge in [0.2, 0.25) is 0 Å². The van der Waals surface area contributed by atoms with Crippen LogP contribution in [0.4, 0.5) is 10.1 Å². The molecule has 0 saturated carbocycles. The molecule has 0 unspecified atom stereocenters. The summed E-state index contributed by atoms with van der Waals surface area (Å²) < 4.78 is 13.7. The zero-order valence-corrected chi connectivity index (χ0v) is 9.49. The molecular formula is C15H14FN. The van der Waals surface area contributed by atoms with Crippen LogP contribution in [-0.4, -0.2) is 0 Å². The lowest BCUT2D eigenvalue weighted by Crippen LogP contribution is -2.18. The van der Waals surface area contributed by atoms with Crippen LogP contribution in [0.5, 0.6) is 0 Å². The fourth-order valence-corrected chi connectivity index (χ4v) is 2.43. The van der Waals surface area contributed by atoms with Crippen molar-refractivity contribution in [2.75, 3.05) is 5.32 Å². The van der Waals surface area contributed by atoms with E-state index in [9.17, 15) is 4.39 Å². The predicted molar refractivity (Wildman–Crippen MR) is 67.5 cm³/mol. The number of benzene rings is 2. The molecule has 0 spiro atoms. The molecule has 1 heterocycles. The number of nitrogens with one attached hydrogen (secondary N) is 1. The summed E-state index contributed by atoms with van der Waals surface area (Å²) in [4.78, 5) is 0. The van der Waals surface area contributed by atoms with Crippen molar-refractivity contribution in [1.29, 1.82) is 0 Å². The van der Waals surface area contributed by atoms with Crippen LogP contribution >= 0.6 is 0 Å². The van der Waals surface area contributed by atoms with E-state index in [1.807, 2.05) is 24.3 Å². The van der Waals surface area contributed by atoms with E-state index in [0.717, 1.165) is 24.1 Å². The first-order valence-electron chi connectivity index (χ1n) is 5.93. The molecule has 0 radical (unpaired) electrons. The van der Waals surface area contributed by atoms with Gasteiger partial charge < -0.3 is 5.32 Å². The van der Waals surface area contributed by atoms with Crippen LogP contribution in [0.2, 0.25) is 0 Å². The minimum atomic E-state index is -0.121. The molecule has 0 aliphatic carbocycles. The van der Waals surface area contributed by atoms with Crippen molar-refractivity contribution in [3.05, 3.63) is 65.5 Å². The zero-order valence-electron chi connectivity index (χ0n) is 9.49. The molecule has 0 saturated heterocycles. The first-order chi connectivity index (χ1) is 8.34. The molecule has 2 heteroatoms. The van der Waals surface area contributed by atoms with E-state index in [2.05, 4.69) is 17.4 Å². The lowest BCUT2D eigenvalue weighted by atomic mass is 9.93. The second-order valence-electron chi connectivity index (χ2n) is 4.41. The molecule has 2 aromatic rings. The highest BCUT2D eigenvalue weighted by atomic mass is 19.1. The van der Waals surface area contributed by atoms with Gasteiger partial charge in [0.1, 0.15) is 5.82 Å². The average Bonchev–Trinajstić information content (AvgIpc) is 2.39. The Kier molecular flexibility index (Phi) is 2.56. The third kappa shape index (κ3) is 1.91. The Labute approximate surface area is 100 Å². The van der Waals surface area contributed by atoms with Gasteiger partial charge in [-0.1, -0.05) is 36.4 Å². The Bertz CT molecular complexity index is 536. The molecular weight excluding hydrogens is 213 g/mol. The van der Waals surface area contributed by atoms with E-state index in [1.54, 1.807) is 6.07 Å². The summed E-state index contributed by atoms with van der Waals surface area (Å²) in [5.74, 6) is -0.121. The minimum Gasteiger partial charge on any atom is -0.378 e. The fourth-order valence-electron chi connectivity index (χ4n) is 2.43. The van der Waals surface area contributed by atoms with Gasteiger partial charge in [0, 0.05) is 11.3 Å². The maximum Gasteiger partial charge on any atom is 0.128 e. The Morgan fingerprint density at radius 2 is 1.76 bits per heavy atom. The molecule has 1 aliphatic heterocycles. The molecule has 0 amide bonds. The topological polar surface area (TPSA) is 12.0 Å². The first kappa shape index (κ1) is 10.3. The summed E-state index contributed by atoms with van der Waals surface area (Å²) in [6.07, 6.45) is 1.94. The van der Waals surface area contributed by atoms with Gasteiger partial charge in [-0.2, -0.15) is 0 Å². The Hall–Kier alpha value is -1.83. The van der Waals surface area contributed by atoms with Crippen LogP contribution in [-0.2, 0) is 6.42 Å². The standard InChI is InChI=1S/C15H14FN/c16-13-7-3-2-6-12(13)15-10-9-11-5-1-4-8-14(11)17-15/h1-8,15,17H,9-10H2/t15-/m0/s1. The highest BCUT2D eigenvalue weighted by Gasteiger charge is 2.20. The Balaban J connectivity index is 1.92. The van der Waals surface area contributed by atoms with Crippen molar-refractivity contribution in [2.45, 2.75) is 18.9 Å². The van der Waals surface area contributed by atoms with Crippen LogP contribution in [0.25, 0.3) is 0 Å². The van der Waals surface area contributed by atoms with Crippen molar-refractivity contribution < 1.29 is 4.39 Å². The molecule has 86 valence electrons. The zero-order chi connectivity index (χ0) is 11.7. The monoisotopic (exact) mass is 227 g/mol. The first-order valence-corrected chi connectivity index (χ1v) is 5.93. The van der Waals surface area contributed by atoms with Gasteiger partial charge in [-0.05, 0) is 30.5 Å². The van der Waals surface area contributed by atoms with Crippen molar-refractivity contribution in [3.63, 3.8) is 0 Å². The largest absolute Gasteiger partial charge is 0.378 e. The summed E-state index contributed by atoms with van der Waals surface area (Å²) >= 11 is 0. The second kappa shape index (κ2) is 4.21. The highest BCUT2D eigenvalue weighted by molar-refractivity contribution is 5.54. The number of aryl methyl sites for hydroxylation is 1. The number of fused-ring (bicyclic) bond motifs is 1. The summed E-state index contributed by atoms with van der Waals surface area (Å²) in [5.41, 5.74) is 3.22. The van der Waals surface area contributed by atoms with Crippen molar-refractivity contribution >= 4 is 5.69 Å². The van der Waals surface area contributed by atoms with Crippen LogP contribution < -0.4 is 5.32 Å². The number of anilines is 1. The molecule has 1 nitrogen and oxygen atoms in total. The SMILES string of the molecule is Fc1ccccc1[C@@H]1CCc2ccccc2N1. The van der Waals surface area contributed by atoms with Crippen LogP contribution in [0.3, 0.4) is 0 Å². The third-order valence-electron chi connectivity index (χ3n) is 3.33. The molecule has 0 aromatic heterocycles. The summed E-state index contributed by atoms with van der Waals surface area (Å²) in [7, 11) is 0. The maximum atomic E-state index is 13.7. The van der Waals surface area contributed by atoms with E-state index < -0.39 is 0 Å². The molecule has 3 rings (SSSR count). The van der Waals surface area contributed by atoms with E-state index in [1.165, 1.54) is 11.6 Å². The summed E-state index contributed by atoms with van der Waals surface area (Å²) in [5, 5.41) is 3.41. The Morgan fingerprint density at radius 3 is 2.65 bits per heavy atom. The second-order valence-corrected chi connectivity index (χ2v) is 4.41. The van der Waals surface area contributed by atoms with Crippen LogP contribution in [0.1, 0.15) is 23.6 Å². The Morgan fingerprint density at radius 1 is 1.00 bits per heavy atom. The molecule has 1 N–H and O–H groups in total. The molecule has 0 fully saturated rings. The van der Waals surface area contributed by atoms with Gasteiger partial charge in [0.15, 0.2) is 0 Å². The van der Waals surface area contributed by atoms with E-state index >= 15 is 0 Å². The maximum absolute atomic E-state index is 13.7. The van der Waals surface area contributed by atoms with Gasteiger partial charge >= 0.3 is 0 Å². The lowest BCUT2D eigenvalue weighted by molar-refractivity contribution is 0.572. The van der Waals surface area contributed by atoms with E-state index in [0.29, 0.717) is 0 Å². The van der Waals surface area contributed by atoms with Crippen LogP contribution in [0.15, 0.2) is 48.5 Å². The number of hydrogen-bond acceptors (Lipinski definition) is 1. The number of para-hydroxylation sites is 1. The quantitative estimate of drug-likeness (QED) is 0.778. The smallest absolute Gasteiger partial charge is 0.128 e. The van der Waals surface area contributed by atoms with Crippen LogP contribution in [0, 0.1) is 5.82 Å². The molecule has 1 aliphatic rings. The van der Waals surface area contributed by atoms with Gasteiger partial charge in [0.05, 0.1) is 6.04 Å². The molecule has 0 bridgehead atoms. The predicted octanol–water partition coefficient (Wildman–Crippen LogP) is 3.93. The third-order valence-corrected chi connectivity index (χ3v) is 3.33. The summed E-state index contributed by atoms with van der Waals surface area (Å²) in [6, 6.07) is 15.3. The molecule has 1 atom stereocenters. The number of hydrogen-bond donors (Lipinski definition) is 1. The van der Waals surface area contributed by atoms with Crippen molar-refractivity contribution in [1.82, 2.24) is 0 Å². The summed E-state index contributed by atoms with van der Waals surface area (Å²) in [6.45, 7) is 0. The molecule has 2 aromatic carbocycles.